The lowest BCUT2D eigenvalue weighted by molar-refractivity contribution is 0.0696. The molecule has 1 N–H and O–H groups in total. The molecule has 0 saturated heterocycles. The first kappa shape index (κ1) is 15.0. The molecule has 1 saturated carbocycles. The highest BCUT2D eigenvalue weighted by Crippen LogP contribution is 2.29. The van der Waals surface area contributed by atoms with Crippen molar-refractivity contribution < 1.29 is 22.7 Å². The van der Waals surface area contributed by atoms with E-state index < -0.39 is 31.8 Å². The van der Waals surface area contributed by atoms with Crippen LogP contribution in [0.15, 0.2) is 23.1 Å². The molecule has 0 aromatic heterocycles. The lowest BCUT2D eigenvalue weighted by Gasteiger charge is -2.16. The zero-order chi connectivity index (χ0) is 14.8. The van der Waals surface area contributed by atoms with Crippen LogP contribution in [0.3, 0.4) is 0 Å². The molecule has 0 spiro atoms. The van der Waals surface area contributed by atoms with E-state index in [-0.39, 0.29) is 5.56 Å². The van der Waals surface area contributed by atoms with E-state index in [1.54, 1.807) is 0 Å². The molecule has 0 bridgehead atoms. The van der Waals surface area contributed by atoms with Crippen LogP contribution in [0, 0.1) is 5.82 Å². The SMILES string of the molecule is O=C(O)c1ccc(F)c(S(=O)(=O)C2CCCCCC2)c1. The van der Waals surface area contributed by atoms with Crippen molar-refractivity contribution in [2.75, 3.05) is 0 Å². The van der Waals surface area contributed by atoms with Crippen molar-refractivity contribution in [3.05, 3.63) is 29.6 Å². The Balaban J connectivity index is 2.42. The van der Waals surface area contributed by atoms with Gasteiger partial charge in [0.15, 0.2) is 9.84 Å². The molecule has 110 valence electrons. The monoisotopic (exact) mass is 300 g/mol. The Bertz CT molecular complexity index is 602. The third-order valence-corrected chi connectivity index (χ3v) is 6.00. The molecule has 1 aromatic rings. The number of halogens is 1. The van der Waals surface area contributed by atoms with Crippen molar-refractivity contribution in [1.82, 2.24) is 0 Å². The Labute approximate surface area is 117 Å². The molecule has 0 amide bonds. The van der Waals surface area contributed by atoms with Crippen molar-refractivity contribution in [1.29, 1.82) is 0 Å². The molecule has 0 heterocycles. The lowest BCUT2D eigenvalue weighted by Crippen LogP contribution is -2.22. The number of hydrogen-bond acceptors (Lipinski definition) is 3. The van der Waals surface area contributed by atoms with Crippen molar-refractivity contribution in [3.63, 3.8) is 0 Å². The fourth-order valence-corrected chi connectivity index (χ4v) is 4.53. The summed E-state index contributed by atoms with van der Waals surface area (Å²) >= 11 is 0. The largest absolute Gasteiger partial charge is 0.478 e. The van der Waals surface area contributed by atoms with Gasteiger partial charge in [0.1, 0.15) is 10.7 Å². The number of sulfone groups is 1. The van der Waals surface area contributed by atoms with Crippen LogP contribution in [0.4, 0.5) is 4.39 Å². The Morgan fingerprint density at radius 3 is 2.30 bits per heavy atom. The summed E-state index contributed by atoms with van der Waals surface area (Å²) in [4.78, 5) is 10.4. The second kappa shape index (κ2) is 5.91. The Hall–Kier alpha value is -1.43. The number of benzene rings is 1. The van der Waals surface area contributed by atoms with Gasteiger partial charge in [-0.05, 0) is 31.0 Å². The van der Waals surface area contributed by atoms with Gasteiger partial charge in [-0.3, -0.25) is 0 Å². The highest BCUT2D eigenvalue weighted by Gasteiger charge is 2.31. The van der Waals surface area contributed by atoms with Gasteiger partial charge in [-0.15, -0.1) is 0 Å². The normalized spacial score (nSPS) is 17.6. The molecule has 4 nitrogen and oxygen atoms in total. The summed E-state index contributed by atoms with van der Waals surface area (Å²) in [7, 11) is -3.81. The second-order valence-electron chi connectivity index (χ2n) is 5.11. The molecule has 0 atom stereocenters. The van der Waals surface area contributed by atoms with Crippen LogP contribution in [-0.2, 0) is 9.84 Å². The molecule has 1 aliphatic rings. The first-order valence-electron chi connectivity index (χ1n) is 6.69. The molecule has 2 rings (SSSR count). The molecule has 20 heavy (non-hydrogen) atoms. The highest BCUT2D eigenvalue weighted by molar-refractivity contribution is 7.92. The summed E-state index contributed by atoms with van der Waals surface area (Å²) in [5.74, 6) is -2.14. The summed E-state index contributed by atoms with van der Waals surface area (Å²) in [6.45, 7) is 0. The molecule has 1 aromatic carbocycles. The Morgan fingerprint density at radius 2 is 1.75 bits per heavy atom. The van der Waals surface area contributed by atoms with Crippen molar-refractivity contribution >= 4 is 15.8 Å². The van der Waals surface area contributed by atoms with E-state index in [2.05, 4.69) is 0 Å². The third-order valence-electron chi connectivity index (χ3n) is 3.73. The van der Waals surface area contributed by atoms with E-state index in [0.29, 0.717) is 12.8 Å². The number of carbonyl (C=O) groups is 1. The van der Waals surface area contributed by atoms with Crippen molar-refractivity contribution in [2.45, 2.75) is 48.7 Å². The third kappa shape index (κ3) is 3.00. The Morgan fingerprint density at radius 1 is 1.15 bits per heavy atom. The summed E-state index contributed by atoms with van der Waals surface area (Å²) < 4.78 is 38.8. The first-order chi connectivity index (χ1) is 9.43. The van der Waals surface area contributed by atoms with E-state index in [1.807, 2.05) is 0 Å². The summed E-state index contributed by atoms with van der Waals surface area (Å²) in [5.41, 5.74) is -0.210. The number of aromatic carboxylic acids is 1. The Kier molecular flexibility index (Phi) is 4.42. The first-order valence-corrected chi connectivity index (χ1v) is 8.24. The van der Waals surface area contributed by atoms with Crippen molar-refractivity contribution in [2.24, 2.45) is 0 Å². The molecule has 0 radical (unpaired) electrons. The summed E-state index contributed by atoms with van der Waals surface area (Å²) in [5, 5.41) is 8.30. The predicted molar refractivity (Wildman–Crippen MR) is 72.0 cm³/mol. The standard InChI is InChI=1S/C14H17FO4S/c15-12-8-7-10(14(16)17)9-13(12)20(18,19)11-5-3-1-2-4-6-11/h7-9,11H,1-6H2,(H,16,17). The minimum absolute atomic E-state index is 0.210. The van der Waals surface area contributed by atoms with Crippen LogP contribution in [0.25, 0.3) is 0 Å². The second-order valence-corrected chi connectivity index (χ2v) is 7.31. The van der Waals surface area contributed by atoms with Gasteiger partial charge in [0.25, 0.3) is 0 Å². The van der Waals surface area contributed by atoms with Gasteiger partial charge in [-0.2, -0.15) is 0 Å². The van der Waals surface area contributed by atoms with Gasteiger partial charge < -0.3 is 5.11 Å². The van der Waals surface area contributed by atoms with E-state index in [9.17, 15) is 17.6 Å². The average Bonchev–Trinajstić information content (AvgIpc) is 2.68. The van der Waals surface area contributed by atoms with E-state index in [0.717, 1.165) is 43.9 Å². The smallest absolute Gasteiger partial charge is 0.335 e. The van der Waals surface area contributed by atoms with Crippen LogP contribution in [0.1, 0.15) is 48.9 Å². The zero-order valence-corrected chi connectivity index (χ0v) is 11.8. The van der Waals surface area contributed by atoms with Gasteiger partial charge in [-0.25, -0.2) is 17.6 Å². The predicted octanol–water partition coefficient (Wildman–Crippen LogP) is 3.02. The maximum absolute atomic E-state index is 13.8. The summed E-state index contributed by atoms with van der Waals surface area (Å²) in [6.07, 6.45) is 4.62. The molecule has 0 aliphatic heterocycles. The van der Waals surface area contributed by atoms with Crippen LogP contribution in [0.2, 0.25) is 0 Å². The van der Waals surface area contributed by atoms with Gasteiger partial charge >= 0.3 is 5.97 Å². The summed E-state index contributed by atoms with van der Waals surface area (Å²) in [6, 6.07) is 2.91. The van der Waals surface area contributed by atoms with Gasteiger partial charge in [0.05, 0.1) is 10.8 Å². The van der Waals surface area contributed by atoms with E-state index in [1.165, 1.54) is 0 Å². The minimum Gasteiger partial charge on any atom is -0.478 e. The van der Waals surface area contributed by atoms with Crippen LogP contribution in [-0.4, -0.2) is 24.7 Å². The maximum atomic E-state index is 13.8. The highest BCUT2D eigenvalue weighted by atomic mass is 32.2. The van der Waals surface area contributed by atoms with Gasteiger partial charge in [0.2, 0.25) is 0 Å². The number of carboxylic acids is 1. The van der Waals surface area contributed by atoms with Crippen LogP contribution in [0.5, 0.6) is 0 Å². The maximum Gasteiger partial charge on any atom is 0.335 e. The van der Waals surface area contributed by atoms with E-state index in [4.69, 9.17) is 5.11 Å². The zero-order valence-electron chi connectivity index (χ0n) is 11.0. The molecule has 1 fully saturated rings. The molecular weight excluding hydrogens is 283 g/mol. The number of carboxylic acid groups (broad SMARTS) is 1. The topological polar surface area (TPSA) is 71.4 Å². The molecular formula is C14H17FO4S. The number of hydrogen-bond donors (Lipinski definition) is 1. The van der Waals surface area contributed by atoms with Gasteiger partial charge in [0, 0.05) is 0 Å². The minimum atomic E-state index is -3.81. The fourth-order valence-electron chi connectivity index (χ4n) is 2.59. The van der Waals surface area contributed by atoms with E-state index >= 15 is 0 Å². The van der Waals surface area contributed by atoms with Crippen LogP contribution >= 0.6 is 0 Å². The van der Waals surface area contributed by atoms with Crippen molar-refractivity contribution in [3.8, 4) is 0 Å². The average molecular weight is 300 g/mol. The molecule has 1 aliphatic carbocycles. The lowest BCUT2D eigenvalue weighted by atomic mass is 10.2. The molecule has 6 heteroatoms. The number of rotatable bonds is 3. The fraction of sp³-hybridized carbons (Fsp3) is 0.500. The van der Waals surface area contributed by atoms with Crippen LogP contribution < -0.4 is 0 Å². The van der Waals surface area contributed by atoms with Gasteiger partial charge in [-0.1, -0.05) is 25.7 Å². The quantitative estimate of drug-likeness (QED) is 0.871. The molecule has 0 unspecified atom stereocenters.